The van der Waals surface area contributed by atoms with Gasteiger partial charge < -0.3 is 10.4 Å². The van der Waals surface area contributed by atoms with Gasteiger partial charge in [0.1, 0.15) is 5.69 Å². The van der Waals surface area contributed by atoms with Gasteiger partial charge >= 0.3 is 0 Å². The maximum absolute atomic E-state index is 12.9. The van der Waals surface area contributed by atoms with Gasteiger partial charge in [-0.1, -0.05) is 54.6 Å². The average Bonchev–Trinajstić information content (AvgIpc) is 3.72. The number of hydrogen-bond donors (Lipinski definition) is 2. The van der Waals surface area contributed by atoms with E-state index in [1.807, 2.05) is 65.4 Å². The van der Waals surface area contributed by atoms with Crippen LogP contribution in [0, 0.1) is 0 Å². The van der Waals surface area contributed by atoms with E-state index in [0.29, 0.717) is 23.5 Å². The van der Waals surface area contributed by atoms with Crippen molar-refractivity contribution in [1.29, 1.82) is 0 Å². The molecule has 8 heteroatoms. The van der Waals surface area contributed by atoms with E-state index in [2.05, 4.69) is 44.5 Å². The van der Waals surface area contributed by atoms with E-state index in [9.17, 15) is 9.90 Å². The molecule has 1 amide bonds. The SMILES string of the molecule is O=C(N[C@H](CO)Cc1ccccc1)c1ccc(-c2cnc3ncc(C4(c5ccc6ncccc6c5)CC4)n3n2)cc1. The number of carbonyl (C=O) groups is 1. The number of aliphatic hydroxyl groups is 1. The molecule has 202 valence electrons. The van der Waals surface area contributed by atoms with Crippen molar-refractivity contribution in [3.8, 4) is 11.3 Å². The Hall–Kier alpha value is -4.95. The summed E-state index contributed by atoms with van der Waals surface area (Å²) in [5, 5.41) is 18.8. The summed E-state index contributed by atoms with van der Waals surface area (Å²) in [7, 11) is 0. The molecule has 0 unspecified atom stereocenters. The maximum atomic E-state index is 12.9. The second-order valence-electron chi connectivity index (χ2n) is 10.6. The molecule has 3 aromatic heterocycles. The second-order valence-corrected chi connectivity index (χ2v) is 10.6. The Morgan fingerprint density at radius 1 is 0.927 bits per heavy atom. The summed E-state index contributed by atoms with van der Waals surface area (Å²) in [6, 6.07) is 27.2. The van der Waals surface area contributed by atoms with E-state index < -0.39 is 0 Å². The summed E-state index contributed by atoms with van der Waals surface area (Å²) in [5.41, 5.74) is 6.19. The fourth-order valence-corrected chi connectivity index (χ4v) is 5.55. The standard InChI is InChI=1S/C33H28N6O2/c40-21-27(17-22-5-2-1-3-6-22)37-31(41)24-10-8-23(9-11-24)29-19-35-32-36-20-30(39(32)38-29)33(14-15-33)26-12-13-28-25(18-26)7-4-16-34-28/h1-13,16,18-20,27,40H,14-15,17,21H2,(H,37,41)/t27-/m0/s1. The molecule has 1 atom stereocenters. The van der Waals surface area contributed by atoms with Gasteiger partial charge in [0.2, 0.25) is 0 Å². The molecule has 1 fully saturated rings. The highest BCUT2D eigenvalue weighted by Crippen LogP contribution is 2.53. The summed E-state index contributed by atoms with van der Waals surface area (Å²) >= 11 is 0. The van der Waals surface area contributed by atoms with Crippen molar-refractivity contribution in [2.75, 3.05) is 6.61 Å². The van der Waals surface area contributed by atoms with Gasteiger partial charge in [0.25, 0.3) is 11.7 Å². The Kier molecular flexibility index (Phi) is 6.24. The average molecular weight is 541 g/mol. The van der Waals surface area contributed by atoms with Crippen molar-refractivity contribution < 1.29 is 9.90 Å². The number of aromatic nitrogens is 5. The molecular formula is C33H28N6O2. The zero-order chi connectivity index (χ0) is 27.8. The molecule has 0 spiro atoms. The number of benzene rings is 3. The first kappa shape index (κ1) is 25.0. The highest BCUT2D eigenvalue weighted by Gasteiger charge is 2.48. The zero-order valence-corrected chi connectivity index (χ0v) is 22.3. The Morgan fingerprint density at radius 2 is 1.73 bits per heavy atom. The smallest absolute Gasteiger partial charge is 0.251 e. The van der Waals surface area contributed by atoms with Crippen LogP contribution in [0.3, 0.4) is 0 Å². The van der Waals surface area contributed by atoms with Gasteiger partial charge in [0.05, 0.1) is 36.3 Å². The van der Waals surface area contributed by atoms with Crippen LogP contribution in [0.5, 0.6) is 0 Å². The van der Waals surface area contributed by atoms with E-state index >= 15 is 0 Å². The molecule has 2 N–H and O–H groups in total. The van der Waals surface area contributed by atoms with Gasteiger partial charge in [0, 0.05) is 28.1 Å². The molecule has 0 aliphatic heterocycles. The molecule has 6 aromatic rings. The van der Waals surface area contributed by atoms with Crippen molar-refractivity contribution >= 4 is 22.6 Å². The third-order valence-corrected chi connectivity index (χ3v) is 7.95. The summed E-state index contributed by atoms with van der Waals surface area (Å²) in [6.07, 6.45) is 8.00. The fourth-order valence-electron chi connectivity index (χ4n) is 5.55. The molecule has 8 nitrogen and oxygen atoms in total. The molecule has 1 aliphatic carbocycles. The monoisotopic (exact) mass is 540 g/mol. The molecule has 1 saturated carbocycles. The van der Waals surface area contributed by atoms with Gasteiger partial charge in [-0.2, -0.15) is 9.61 Å². The number of nitrogens with zero attached hydrogens (tertiary/aromatic N) is 5. The van der Waals surface area contributed by atoms with Crippen LogP contribution < -0.4 is 5.32 Å². The van der Waals surface area contributed by atoms with Crippen LogP contribution in [0.15, 0.2) is 104 Å². The van der Waals surface area contributed by atoms with Crippen molar-refractivity contribution in [2.24, 2.45) is 0 Å². The second kappa shape index (κ2) is 10.2. The first-order valence-corrected chi connectivity index (χ1v) is 13.8. The van der Waals surface area contributed by atoms with Crippen LogP contribution in [0.2, 0.25) is 0 Å². The van der Waals surface area contributed by atoms with E-state index in [4.69, 9.17) is 5.10 Å². The number of rotatable bonds is 8. The van der Waals surface area contributed by atoms with Crippen molar-refractivity contribution in [3.63, 3.8) is 0 Å². The van der Waals surface area contributed by atoms with Crippen LogP contribution in [0.25, 0.3) is 27.9 Å². The number of nitrogens with one attached hydrogen (secondary N) is 1. The molecule has 7 rings (SSSR count). The van der Waals surface area contributed by atoms with Gasteiger partial charge in [-0.05, 0) is 60.7 Å². The summed E-state index contributed by atoms with van der Waals surface area (Å²) in [5.74, 6) is 0.327. The zero-order valence-electron chi connectivity index (χ0n) is 22.3. The van der Waals surface area contributed by atoms with Gasteiger partial charge in [0.15, 0.2) is 0 Å². The predicted octanol–water partition coefficient (Wildman–Crippen LogP) is 4.75. The maximum Gasteiger partial charge on any atom is 0.251 e. The lowest BCUT2D eigenvalue weighted by molar-refractivity contribution is 0.0916. The highest BCUT2D eigenvalue weighted by atomic mass is 16.3. The normalized spacial score (nSPS) is 14.7. The molecule has 0 radical (unpaired) electrons. The molecule has 3 heterocycles. The van der Waals surface area contributed by atoms with Crippen LogP contribution in [0.4, 0.5) is 0 Å². The van der Waals surface area contributed by atoms with Gasteiger partial charge in [-0.15, -0.1) is 0 Å². The number of carbonyl (C=O) groups excluding carboxylic acids is 1. The Morgan fingerprint density at radius 3 is 2.51 bits per heavy atom. The van der Waals surface area contributed by atoms with E-state index in [1.54, 1.807) is 18.3 Å². The molecular weight excluding hydrogens is 512 g/mol. The van der Waals surface area contributed by atoms with Crippen molar-refractivity contribution in [2.45, 2.75) is 30.7 Å². The Bertz CT molecular complexity index is 1860. The molecule has 0 bridgehead atoms. The van der Waals surface area contributed by atoms with E-state index in [1.165, 1.54) is 5.56 Å². The summed E-state index contributed by atoms with van der Waals surface area (Å²) in [4.78, 5) is 26.5. The topological polar surface area (TPSA) is 105 Å². The van der Waals surface area contributed by atoms with E-state index in [0.717, 1.165) is 40.6 Å². The number of hydrogen-bond acceptors (Lipinski definition) is 6. The highest BCUT2D eigenvalue weighted by molar-refractivity contribution is 5.94. The fraction of sp³-hybridized carbons (Fsp3) is 0.182. The number of amides is 1. The van der Waals surface area contributed by atoms with Crippen LogP contribution in [-0.2, 0) is 11.8 Å². The largest absolute Gasteiger partial charge is 0.394 e. The predicted molar refractivity (Wildman–Crippen MR) is 156 cm³/mol. The van der Waals surface area contributed by atoms with E-state index in [-0.39, 0.29) is 24.0 Å². The minimum atomic E-state index is -0.369. The number of pyridine rings is 1. The summed E-state index contributed by atoms with van der Waals surface area (Å²) in [6.45, 7) is -0.140. The minimum Gasteiger partial charge on any atom is -0.394 e. The lowest BCUT2D eigenvalue weighted by atomic mass is 9.91. The third-order valence-electron chi connectivity index (χ3n) is 7.95. The minimum absolute atomic E-state index is 0.140. The van der Waals surface area contributed by atoms with Crippen molar-refractivity contribution in [1.82, 2.24) is 29.9 Å². The Balaban J connectivity index is 1.13. The number of aliphatic hydroxyl groups excluding tert-OH is 1. The third kappa shape index (κ3) is 4.72. The number of imidazole rings is 1. The molecule has 41 heavy (non-hydrogen) atoms. The first-order valence-electron chi connectivity index (χ1n) is 13.8. The molecule has 0 saturated heterocycles. The van der Waals surface area contributed by atoms with Gasteiger partial charge in [-0.3, -0.25) is 9.78 Å². The molecule has 1 aliphatic rings. The lowest BCUT2D eigenvalue weighted by Gasteiger charge is -2.17. The van der Waals surface area contributed by atoms with Gasteiger partial charge in [-0.25, -0.2) is 9.97 Å². The van der Waals surface area contributed by atoms with Crippen LogP contribution in [-0.4, -0.2) is 48.2 Å². The summed E-state index contributed by atoms with van der Waals surface area (Å²) < 4.78 is 1.85. The van der Waals surface area contributed by atoms with Crippen LogP contribution >= 0.6 is 0 Å². The lowest BCUT2D eigenvalue weighted by Crippen LogP contribution is -2.39. The number of fused-ring (bicyclic) bond motifs is 2. The Labute approximate surface area is 236 Å². The van der Waals surface area contributed by atoms with Crippen molar-refractivity contribution in [3.05, 3.63) is 126 Å². The quantitative estimate of drug-likeness (QED) is 0.289. The first-order chi connectivity index (χ1) is 20.1. The van der Waals surface area contributed by atoms with Crippen LogP contribution in [0.1, 0.15) is 40.0 Å². The molecule has 3 aromatic carbocycles.